The first kappa shape index (κ1) is 12.9. The third-order valence-electron chi connectivity index (χ3n) is 3.67. The Balaban J connectivity index is 2.33. The molecule has 2 rings (SSSR count). The van der Waals surface area contributed by atoms with Gasteiger partial charge in [-0.3, -0.25) is 4.79 Å². The van der Waals surface area contributed by atoms with E-state index in [1.807, 2.05) is 25.2 Å². The van der Waals surface area contributed by atoms with Crippen LogP contribution in [0.5, 0.6) is 5.75 Å². The number of nitrogens with one attached hydrogen (secondary N) is 1. The molecule has 98 valence electrons. The van der Waals surface area contributed by atoms with Crippen molar-refractivity contribution in [3.63, 3.8) is 0 Å². The summed E-state index contributed by atoms with van der Waals surface area (Å²) in [6, 6.07) is 5.73. The molecule has 4 heteroatoms. The van der Waals surface area contributed by atoms with Gasteiger partial charge in [0, 0.05) is 6.42 Å². The van der Waals surface area contributed by atoms with E-state index >= 15 is 0 Å². The van der Waals surface area contributed by atoms with Crippen LogP contribution >= 0.6 is 0 Å². The molecule has 1 aliphatic rings. The van der Waals surface area contributed by atoms with Crippen LogP contribution in [-0.2, 0) is 16.6 Å². The lowest BCUT2D eigenvalue weighted by Gasteiger charge is -2.25. The topological polar surface area (TPSA) is 58.6 Å². The van der Waals surface area contributed by atoms with Crippen molar-refractivity contribution in [1.29, 1.82) is 0 Å². The lowest BCUT2D eigenvalue weighted by atomic mass is 9.79. The predicted molar refractivity (Wildman–Crippen MR) is 69.2 cm³/mol. The first-order chi connectivity index (χ1) is 8.58. The van der Waals surface area contributed by atoms with Gasteiger partial charge in [0.25, 0.3) is 0 Å². The first-order valence-electron chi connectivity index (χ1n) is 6.22. The summed E-state index contributed by atoms with van der Waals surface area (Å²) in [6.07, 6.45) is 1.43. The van der Waals surface area contributed by atoms with Gasteiger partial charge in [0.2, 0.25) is 0 Å². The molecule has 0 amide bonds. The maximum atomic E-state index is 11.6. The van der Waals surface area contributed by atoms with Gasteiger partial charge in [-0.2, -0.15) is 0 Å². The third kappa shape index (κ3) is 2.20. The average molecular weight is 249 g/mol. The van der Waals surface area contributed by atoms with Crippen molar-refractivity contribution in [2.45, 2.75) is 25.2 Å². The van der Waals surface area contributed by atoms with Crippen LogP contribution in [0.2, 0.25) is 0 Å². The Morgan fingerprint density at radius 3 is 3.00 bits per heavy atom. The summed E-state index contributed by atoms with van der Waals surface area (Å²) in [6.45, 7) is 3.15. The number of hydrogen-bond donors (Lipinski definition) is 2. The number of carboxylic acid groups (broad SMARTS) is 1. The fraction of sp³-hybridized carbons (Fsp3) is 0.500. The molecule has 1 aromatic rings. The highest BCUT2D eigenvalue weighted by atomic mass is 16.5. The van der Waals surface area contributed by atoms with Crippen LogP contribution in [0.15, 0.2) is 18.2 Å². The van der Waals surface area contributed by atoms with Crippen molar-refractivity contribution in [3.05, 3.63) is 29.3 Å². The molecular formula is C14H19NO3. The molecular weight excluding hydrogens is 230 g/mol. The number of rotatable bonds is 5. The van der Waals surface area contributed by atoms with E-state index < -0.39 is 11.4 Å². The number of aliphatic carboxylic acids is 1. The molecule has 0 aliphatic carbocycles. The molecule has 0 saturated carbocycles. The fourth-order valence-corrected chi connectivity index (χ4v) is 2.28. The normalized spacial score (nSPS) is 16.8. The zero-order chi connectivity index (χ0) is 13.2. The number of carboxylic acids is 1. The van der Waals surface area contributed by atoms with E-state index in [-0.39, 0.29) is 0 Å². The molecule has 0 spiro atoms. The Labute approximate surface area is 107 Å². The average Bonchev–Trinajstić information content (AvgIpc) is 2.82. The third-order valence-corrected chi connectivity index (χ3v) is 3.67. The molecule has 0 bridgehead atoms. The van der Waals surface area contributed by atoms with E-state index in [1.54, 1.807) is 6.92 Å². The van der Waals surface area contributed by atoms with Gasteiger partial charge in [-0.15, -0.1) is 0 Å². The molecule has 4 nitrogen and oxygen atoms in total. The van der Waals surface area contributed by atoms with Gasteiger partial charge >= 0.3 is 5.97 Å². The van der Waals surface area contributed by atoms with Crippen LogP contribution in [0.3, 0.4) is 0 Å². The molecule has 18 heavy (non-hydrogen) atoms. The van der Waals surface area contributed by atoms with Crippen LogP contribution in [0.25, 0.3) is 0 Å². The zero-order valence-electron chi connectivity index (χ0n) is 10.8. The lowest BCUT2D eigenvalue weighted by Crippen LogP contribution is -2.35. The van der Waals surface area contributed by atoms with Gasteiger partial charge in [0.05, 0.1) is 12.0 Å². The lowest BCUT2D eigenvalue weighted by molar-refractivity contribution is -0.143. The second-order valence-electron chi connectivity index (χ2n) is 4.91. The zero-order valence-corrected chi connectivity index (χ0v) is 10.8. The number of fused-ring (bicyclic) bond motifs is 1. The molecule has 0 radical (unpaired) electrons. The predicted octanol–water partition coefficient (Wildman–Crippen LogP) is 1.57. The highest BCUT2D eigenvalue weighted by Crippen LogP contribution is 2.33. The summed E-state index contributed by atoms with van der Waals surface area (Å²) in [7, 11) is 1.83. The SMILES string of the molecule is CNCCC(C)(C(=O)O)c1ccc2c(c1)CCO2. The summed E-state index contributed by atoms with van der Waals surface area (Å²) in [5.41, 5.74) is 1.12. The number of benzene rings is 1. The quantitative estimate of drug-likeness (QED) is 0.831. The summed E-state index contributed by atoms with van der Waals surface area (Å²) in [5, 5.41) is 12.5. The van der Waals surface area contributed by atoms with Crippen LogP contribution in [0, 0.1) is 0 Å². The summed E-state index contributed by atoms with van der Waals surface area (Å²) < 4.78 is 5.45. The van der Waals surface area contributed by atoms with E-state index in [0.717, 1.165) is 23.3 Å². The fourth-order valence-electron chi connectivity index (χ4n) is 2.28. The van der Waals surface area contributed by atoms with Crippen LogP contribution in [0.1, 0.15) is 24.5 Å². The standard InChI is InChI=1S/C14H19NO3/c1-14(13(16)17,6-7-15-2)11-3-4-12-10(9-11)5-8-18-12/h3-4,9,15H,5-8H2,1-2H3,(H,16,17). The number of carbonyl (C=O) groups is 1. The minimum absolute atomic E-state index is 0.568. The van der Waals surface area contributed by atoms with Crippen molar-refractivity contribution < 1.29 is 14.6 Å². The second-order valence-corrected chi connectivity index (χ2v) is 4.91. The van der Waals surface area contributed by atoms with Crippen molar-refractivity contribution in [1.82, 2.24) is 5.32 Å². The van der Waals surface area contributed by atoms with E-state index in [9.17, 15) is 9.90 Å². The van der Waals surface area contributed by atoms with Gasteiger partial charge in [-0.05, 0) is 44.1 Å². The van der Waals surface area contributed by atoms with E-state index in [0.29, 0.717) is 19.6 Å². The molecule has 0 fully saturated rings. The van der Waals surface area contributed by atoms with Gasteiger partial charge in [-0.25, -0.2) is 0 Å². The Bertz CT molecular complexity index is 458. The Morgan fingerprint density at radius 1 is 1.56 bits per heavy atom. The van der Waals surface area contributed by atoms with Crippen molar-refractivity contribution in [2.75, 3.05) is 20.2 Å². The van der Waals surface area contributed by atoms with Gasteiger partial charge in [0.1, 0.15) is 5.75 Å². The van der Waals surface area contributed by atoms with Gasteiger partial charge in [0.15, 0.2) is 0 Å². The highest BCUT2D eigenvalue weighted by molar-refractivity contribution is 5.81. The van der Waals surface area contributed by atoms with Crippen molar-refractivity contribution in [2.24, 2.45) is 0 Å². The summed E-state index contributed by atoms with van der Waals surface area (Å²) >= 11 is 0. The van der Waals surface area contributed by atoms with Crippen LogP contribution in [-0.4, -0.2) is 31.3 Å². The molecule has 2 N–H and O–H groups in total. The summed E-state index contributed by atoms with van der Waals surface area (Å²) in [5.74, 6) is 0.108. The maximum Gasteiger partial charge on any atom is 0.313 e. The minimum Gasteiger partial charge on any atom is -0.493 e. The highest BCUT2D eigenvalue weighted by Gasteiger charge is 2.35. The summed E-state index contributed by atoms with van der Waals surface area (Å²) in [4.78, 5) is 11.6. The van der Waals surface area contributed by atoms with Crippen LogP contribution in [0.4, 0.5) is 0 Å². The molecule has 1 aliphatic heterocycles. The Hall–Kier alpha value is -1.55. The Kier molecular flexibility index (Phi) is 3.57. The van der Waals surface area contributed by atoms with Gasteiger partial charge in [-0.1, -0.05) is 12.1 Å². The first-order valence-corrected chi connectivity index (χ1v) is 6.22. The molecule has 1 unspecified atom stereocenters. The molecule has 1 aromatic carbocycles. The van der Waals surface area contributed by atoms with Crippen LogP contribution < -0.4 is 10.1 Å². The van der Waals surface area contributed by atoms with Gasteiger partial charge < -0.3 is 15.2 Å². The van der Waals surface area contributed by atoms with E-state index in [1.165, 1.54) is 0 Å². The van der Waals surface area contributed by atoms with E-state index in [2.05, 4.69) is 5.32 Å². The molecule has 1 atom stereocenters. The van der Waals surface area contributed by atoms with Crippen molar-refractivity contribution in [3.8, 4) is 5.75 Å². The maximum absolute atomic E-state index is 11.6. The molecule has 1 heterocycles. The smallest absolute Gasteiger partial charge is 0.313 e. The molecule has 0 saturated heterocycles. The second kappa shape index (κ2) is 4.98. The van der Waals surface area contributed by atoms with E-state index in [4.69, 9.17) is 4.74 Å². The molecule has 0 aromatic heterocycles. The largest absolute Gasteiger partial charge is 0.493 e. The number of hydrogen-bond acceptors (Lipinski definition) is 3. The minimum atomic E-state index is -0.847. The van der Waals surface area contributed by atoms with Crippen molar-refractivity contribution >= 4 is 5.97 Å². The number of ether oxygens (including phenoxy) is 1. The monoisotopic (exact) mass is 249 g/mol. The Morgan fingerprint density at radius 2 is 2.33 bits per heavy atom.